The molecule has 3 N–H and O–H groups in total. The number of halogens is 3. The number of rotatable bonds is 10. The van der Waals surface area contributed by atoms with Gasteiger partial charge in [-0.1, -0.05) is 0 Å². The second kappa shape index (κ2) is 12.1. The molecule has 15 heteroatoms. The summed E-state index contributed by atoms with van der Waals surface area (Å²) in [5.74, 6) is 0. The molecule has 0 aromatic carbocycles. The molecular weight excluding hydrogens is 577 g/mol. The number of fused-ring (bicyclic) bond motifs is 1. The van der Waals surface area contributed by atoms with Crippen molar-refractivity contribution in [1.82, 2.24) is 44.9 Å². The number of ether oxygens (including phenoxy) is 1. The van der Waals surface area contributed by atoms with Crippen molar-refractivity contribution < 1.29 is 23.0 Å². The molecule has 2 fully saturated rings. The highest BCUT2D eigenvalue weighted by Gasteiger charge is 2.49. The van der Waals surface area contributed by atoms with Gasteiger partial charge in [-0.15, -0.1) is 0 Å². The number of aromatic nitrogens is 7. The van der Waals surface area contributed by atoms with Gasteiger partial charge in [-0.3, -0.25) is 9.58 Å². The summed E-state index contributed by atoms with van der Waals surface area (Å²) in [7, 11) is 0. The zero-order valence-corrected chi connectivity index (χ0v) is 24.1. The van der Waals surface area contributed by atoms with E-state index >= 15 is 0 Å². The first-order chi connectivity index (χ1) is 21.1. The van der Waals surface area contributed by atoms with Crippen molar-refractivity contribution >= 4 is 11.0 Å². The Bertz CT molecular complexity index is 1630. The number of likely N-dealkylation sites (tertiary alicyclic amines) is 1. The molecule has 1 saturated carbocycles. The molecular formula is C29H33F3N10O2. The zero-order valence-electron chi connectivity index (χ0n) is 24.1. The van der Waals surface area contributed by atoms with Gasteiger partial charge in [0.1, 0.15) is 18.1 Å². The summed E-state index contributed by atoms with van der Waals surface area (Å²) in [6.45, 7) is 3.26. The lowest BCUT2D eigenvalue weighted by Crippen LogP contribution is -2.58. The fourth-order valence-corrected chi connectivity index (χ4v) is 6.12. The molecule has 1 saturated heterocycles. The van der Waals surface area contributed by atoms with E-state index in [0.717, 1.165) is 41.2 Å². The van der Waals surface area contributed by atoms with Crippen LogP contribution in [0.15, 0.2) is 37.1 Å². The summed E-state index contributed by atoms with van der Waals surface area (Å²) in [5.41, 5.74) is 1.04. The van der Waals surface area contributed by atoms with Crippen LogP contribution in [-0.4, -0.2) is 82.6 Å². The van der Waals surface area contributed by atoms with E-state index in [1.165, 1.54) is 6.33 Å². The minimum Gasteiger partial charge on any atom is -0.460 e. The van der Waals surface area contributed by atoms with Gasteiger partial charge in [0.15, 0.2) is 5.69 Å². The largest absolute Gasteiger partial charge is 0.460 e. The van der Waals surface area contributed by atoms with Crippen LogP contribution in [0.1, 0.15) is 50.4 Å². The van der Waals surface area contributed by atoms with Gasteiger partial charge in [-0.2, -0.15) is 33.5 Å². The Labute approximate surface area is 251 Å². The van der Waals surface area contributed by atoms with Gasteiger partial charge in [-0.25, -0.2) is 9.97 Å². The smallest absolute Gasteiger partial charge is 0.433 e. The minimum absolute atomic E-state index is 0.0463. The first kappa shape index (κ1) is 29.9. The quantitative estimate of drug-likeness (QED) is 0.243. The standard InChI is InChI=1S/C29H33F3N10O2/c1-18(43)13-34-15-20-10-24(29(30,31)32)40-27(39-20)44-22-3-8-41(9-4-22)21-11-28(12-21,5-6-33)42-16-19(14-38-42)25-23-2-7-35-26(23)37-17-36-25/h2,7,10,14,16-18,21-22,34,43H,3-5,8-9,11-13,15H2,1H3,(H,35,36,37)/t18-,21?,28?/m1/s1. The summed E-state index contributed by atoms with van der Waals surface area (Å²) in [5, 5.41) is 27.5. The van der Waals surface area contributed by atoms with Crippen molar-refractivity contribution in [3.8, 4) is 23.3 Å². The van der Waals surface area contributed by atoms with Gasteiger partial charge < -0.3 is 20.1 Å². The molecule has 5 heterocycles. The van der Waals surface area contributed by atoms with Gasteiger partial charge in [-0.05, 0) is 44.7 Å². The highest BCUT2D eigenvalue weighted by molar-refractivity contribution is 5.90. The molecule has 232 valence electrons. The van der Waals surface area contributed by atoms with Gasteiger partial charge in [0, 0.05) is 55.6 Å². The lowest BCUT2D eigenvalue weighted by Gasteiger charge is -2.52. The second-order valence-electron chi connectivity index (χ2n) is 11.6. The van der Waals surface area contributed by atoms with Crippen LogP contribution >= 0.6 is 0 Å². The minimum atomic E-state index is -4.64. The van der Waals surface area contributed by atoms with E-state index in [1.807, 2.05) is 23.1 Å². The molecule has 44 heavy (non-hydrogen) atoms. The third-order valence-electron chi connectivity index (χ3n) is 8.40. The Kier molecular flexibility index (Phi) is 8.23. The van der Waals surface area contributed by atoms with Crippen molar-refractivity contribution in [3.05, 3.63) is 48.4 Å². The number of aliphatic hydroxyl groups is 1. The molecule has 0 bridgehead atoms. The molecule has 4 aromatic rings. The first-order valence-corrected chi connectivity index (χ1v) is 14.6. The maximum atomic E-state index is 13.5. The molecule has 1 aliphatic heterocycles. The maximum Gasteiger partial charge on any atom is 0.433 e. The topological polar surface area (TPSA) is 154 Å². The van der Waals surface area contributed by atoms with Crippen LogP contribution in [-0.2, 0) is 18.3 Å². The van der Waals surface area contributed by atoms with Crippen molar-refractivity contribution in [1.29, 1.82) is 5.26 Å². The number of aromatic amines is 1. The summed E-state index contributed by atoms with van der Waals surface area (Å²) in [6.07, 6.45) is 4.54. The maximum absolute atomic E-state index is 13.5. The Balaban J connectivity index is 1.07. The Hall–Kier alpha value is -4.13. The fourth-order valence-electron chi connectivity index (χ4n) is 6.12. The monoisotopic (exact) mass is 610 g/mol. The summed E-state index contributed by atoms with van der Waals surface area (Å²) >= 11 is 0. The van der Waals surface area contributed by atoms with Crippen molar-refractivity contribution in [2.24, 2.45) is 0 Å². The van der Waals surface area contributed by atoms with Crippen LogP contribution < -0.4 is 10.1 Å². The second-order valence-corrected chi connectivity index (χ2v) is 11.6. The van der Waals surface area contributed by atoms with Crippen molar-refractivity contribution in [2.45, 2.75) is 75.5 Å². The van der Waals surface area contributed by atoms with E-state index in [4.69, 9.17) is 4.74 Å². The molecule has 0 unspecified atom stereocenters. The summed E-state index contributed by atoms with van der Waals surface area (Å²) in [6, 6.07) is 5.12. The van der Waals surface area contributed by atoms with Crippen LogP contribution in [0.3, 0.4) is 0 Å². The highest BCUT2D eigenvalue weighted by Crippen LogP contribution is 2.45. The normalized spacial score (nSPS) is 22.0. The summed E-state index contributed by atoms with van der Waals surface area (Å²) in [4.78, 5) is 22.0. The van der Waals surface area contributed by atoms with Crippen molar-refractivity contribution in [2.75, 3.05) is 19.6 Å². The van der Waals surface area contributed by atoms with E-state index in [9.17, 15) is 23.5 Å². The fraction of sp³-hybridized carbons (Fsp3) is 0.517. The van der Waals surface area contributed by atoms with E-state index in [2.05, 4.69) is 46.3 Å². The molecule has 1 aliphatic carbocycles. The number of piperidine rings is 1. The molecule has 2 aliphatic rings. The lowest BCUT2D eigenvalue weighted by atomic mass is 9.69. The van der Waals surface area contributed by atoms with Gasteiger partial charge >= 0.3 is 12.2 Å². The number of hydrogen-bond acceptors (Lipinski definition) is 10. The predicted octanol–water partition coefficient (Wildman–Crippen LogP) is 3.42. The van der Waals surface area contributed by atoms with Gasteiger partial charge in [0.2, 0.25) is 0 Å². The van der Waals surface area contributed by atoms with Crippen LogP contribution in [0.2, 0.25) is 0 Å². The molecule has 6 rings (SSSR count). The zero-order chi connectivity index (χ0) is 30.9. The summed E-state index contributed by atoms with van der Waals surface area (Å²) < 4.78 is 48.2. The highest BCUT2D eigenvalue weighted by atomic mass is 19.4. The molecule has 0 amide bonds. The molecule has 12 nitrogen and oxygen atoms in total. The third kappa shape index (κ3) is 6.23. The van der Waals surface area contributed by atoms with Crippen LogP contribution in [0.25, 0.3) is 22.3 Å². The molecule has 0 spiro atoms. The average molecular weight is 611 g/mol. The van der Waals surface area contributed by atoms with E-state index in [1.54, 1.807) is 13.1 Å². The number of nitrogens with one attached hydrogen (secondary N) is 2. The Morgan fingerprint density at radius 1 is 1.25 bits per heavy atom. The first-order valence-electron chi connectivity index (χ1n) is 14.6. The Morgan fingerprint density at radius 2 is 2.05 bits per heavy atom. The average Bonchev–Trinajstić information content (AvgIpc) is 3.65. The molecule has 1 atom stereocenters. The Morgan fingerprint density at radius 3 is 2.77 bits per heavy atom. The molecule has 4 aromatic heterocycles. The van der Waals surface area contributed by atoms with Crippen LogP contribution in [0.5, 0.6) is 6.01 Å². The number of alkyl halides is 3. The molecule has 0 radical (unpaired) electrons. The third-order valence-corrected chi connectivity index (χ3v) is 8.40. The van der Waals surface area contributed by atoms with E-state index < -0.39 is 23.5 Å². The van der Waals surface area contributed by atoms with Gasteiger partial charge in [0.25, 0.3) is 0 Å². The van der Waals surface area contributed by atoms with Gasteiger partial charge in [0.05, 0.1) is 41.7 Å². The lowest BCUT2D eigenvalue weighted by molar-refractivity contribution is -0.141. The van der Waals surface area contributed by atoms with Crippen molar-refractivity contribution in [3.63, 3.8) is 0 Å². The van der Waals surface area contributed by atoms with E-state index in [-0.39, 0.29) is 36.9 Å². The SMILES string of the molecule is C[C@@H](O)CNCc1cc(C(F)(F)F)nc(OC2CCN(C3CC(CC#N)(n4cc(-c5ncnc6[nH]ccc56)cn4)C3)CC2)n1. The predicted molar refractivity (Wildman–Crippen MR) is 152 cm³/mol. The number of nitriles is 1. The van der Waals surface area contributed by atoms with Crippen LogP contribution in [0.4, 0.5) is 13.2 Å². The number of H-pyrrole nitrogens is 1. The number of hydrogen-bond donors (Lipinski definition) is 3. The number of aliphatic hydroxyl groups excluding tert-OH is 1. The number of nitrogens with zero attached hydrogens (tertiary/aromatic N) is 8. The van der Waals surface area contributed by atoms with Crippen LogP contribution in [0, 0.1) is 11.3 Å². The van der Waals surface area contributed by atoms with E-state index in [0.29, 0.717) is 32.4 Å².